The molecule has 128 valence electrons. The minimum Gasteiger partial charge on any atom is -0.507 e. The van der Waals surface area contributed by atoms with Crippen LogP contribution in [0.2, 0.25) is 0 Å². The standard InChI is InChI=1S/C16H6F6N2O/c17-15(18,19)11-2-8(6-23)1-10(5-11)12-3-9(7-24)4-13(14(12)25)16(20,21)22/h1-5,25H. The average Bonchev–Trinajstić information content (AvgIpc) is 2.52. The first kappa shape index (κ1) is 18.1. The molecule has 9 heteroatoms. The number of hydrogen-bond acceptors (Lipinski definition) is 3. The summed E-state index contributed by atoms with van der Waals surface area (Å²) in [6.07, 6.45) is -9.87. The molecule has 25 heavy (non-hydrogen) atoms. The fourth-order valence-electron chi connectivity index (χ4n) is 2.15. The van der Waals surface area contributed by atoms with Crippen LogP contribution in [0.1, 0.15) is 22.3 Å². The zero-order valence-electron chi connectivity index (χ0n) is 12.0. The lowest BCUT2D eigenvalue weighted by atomic mass is 9.95. The zero-order valence-corrected chi connectivity index (χ0v) is 12.0. The number of nitriles is 2. The molecule has 0 atom stereocenters. The Morgan fingerprint density at radius 3 is 1.80 bits per heavy atom. The van der Waals surface area contributed by atoms with Crippen molar-refractivity contribution in [3.8, 4) is 29.0 Å². The zero-order chi connectivity index (χ0) is 19.0. The van der Waals surface area contributed by atoms with Gasteiger partial charge in [0.2, 0.25) is 0 Å². The summed E-state index contributed by atoms with van der Waals surface area (Å²) in [6, 6.07) is 6.05. The number of phenols is 1. The maximum absolute atomic E-state index is 13.0. The predicted octanol–water partition coefficient (Wildman–Crippen LogP) is 4.84. The molecule has 1 N–H and O–H groups in total. The van der Waals surface area contributed by atoms with Crippen LogP contribution < -0.4 is 0 Å². The van der Waals surface area contributed by atoms with Crippen molar-refractivity contribution in [1.29, 1.82) is 10.5 Å². The number of aromatic hydroxyl groups is 1. The largest absolute Gasteiger partial charge is 0.507 e. The Morgan fingerprint density at radius 1 is 0.760 bits per heavy atom. The number of nitrogens with zero attached hydrogens (tertiary/aromatic N) is 2. The van der Waals surface area contributed by atoms with Crippen LogP contribution in [0, 0.1) is 22.7 Å². The van der Waals surface area contributed by atoms with Crippen LogP contribution in [0.5, 0.6) is 5.75 Å². The summed E-state index contributed by atoms with van der Waals surface area (Å²) in [5.74, 6) is -1.32. The summed E-state index contributed by atoms with van der Waals surface area (Å²) in [6.45, 7) is 0. The number of rotatable bonds is 1. The Balaban J connectivity index is 2.83. The summed E-state index contributed by atoms with van der Waals surface area (Å²) in [4.78, 5) is 0. The third-order valence-corrected chi connectivity index (χ3v) is 3.24. The molecule has 0 radical (unpaired) electrons. The molecule has 2 rings (SSSR count). The minimum absolute atomic E-state index is 0.387. The lowest BCUT2D eigenvalue weighted by Gasteiger charge is -2.15. The van der Waals surface area contributed by atoms with Gasteiger partial charge >= 0.3 is 12.4 Å². The highest BCUT2D eigenvalue weighted by Crippen LogP contribution is 2.43. The van der Waals surface area contributed by atoms with E-state index < -0.39 is 51.5 Å². The van der Waals surface area contributed by atoms with Crippen molar-refractivity contribution >= 4 is 0 Å². The Bertz CT molecular complexity index is 916. The van der Waals surface area contributed by atoms with E-state index >= 15 is 0 Å². The summed E-state index contributed by atoms with van der Waals surface area (Å²) < 4.78 is 77.6. The van der Waals surface area contributed by atoms with E-state index in [0.29, 0.717) is 18.2 Å². The van der Waals surface area contributed by atoms with Gasteiger partial charge in [0.05, 0.1) is 34.4 Å². The van der Waals surface area contributed by atoms with Crippen LogP contribution in [0.4, 0.5) is 26.3 Å². The number of halogens is 6. The van der Waals surface area contributed by atoms with Gasteiger partial charge in [-0.25, -0.2) is 0 Å². The minimum atomic E-state index is -5.02. The van der Waals surface area contributed by atoms with Crippen LogP contribution in [0.25, 0.3) is 11.1 Å². The fourth-order valence-corrected chi connectivity index (χ4v) is 2.15. The molecular formula is C16H6F6N2O. The molecule has 0 heterocycles. The number of benzene rings is 2. The summed E-state index contributed by atoms with van der Waals surface area (Å²) in [5, 5.41) is 27.5. The second-order valence-electron chi connectivity index (χ2n) is 4.94. The Labute approximate surface area is 137 Å². The molecule has 2 aromatic carbocycles. The van der Waals surface area contributed by atoms with Crippen molar-refractivity contribution < 1.29 is 31.4 Å². The van der Waals surface area contributed by atoms with Crippen LogP contribution >= 0.6 is 0 Å². The van der Waals surface area contributed by atoms with Gasteiger partial charge in [-0.3, -0.25) is 0 Å². The predicted molar refractivity (Wildman–Crippen MR) is 73.0 cm³/mol. The van der Waals surface area contributed by atoms with Gasteiger partial charge in [0.25, 0.3) is 0 Å². The van der Waals surface area contributed by atoms with Crippen molar-refractivity contribution in [3.63, 3.8) is 0 Å². The number of phenolic OH excluding ortho intramolecular Hbond substituents is 1. The van der Waals surface area contributed by atoms with Crippen LogP contribution in [-0.2, 0) is 12.4 Å². The second-order valence-corrected chi connectivity index (χ2v) is 4.94. The monoisotopic (exact) mass is 356 g/mol. The van der Waals surface area contributed by atoms with E-state index in [0.717, 1.165) is 12.1 Å². The average molecular weight is 356 g/mol. The molecule has 0 aliphatic carbocycles. The Kier molecular flexibility index (Phi) is 4.37. The van der Waals surface area contributed by atoms with Crippen molar-refractivity contribution in [2.24, 2.45) is 0 Å². The molecule has 0 saturated heterocycles. The molecule has 0 bridgehead atoms. The number of hydrogen-bond donors (Lipinski definition) is 1. The van der Waals surface area contributed by atoms with Gasteiger partial charge in [-0.1, -0.05) is 0 Å². The summed E-state index contributed by atoms with van der Waals surface area (Å²) in [7, 11) is 0. The Hall–Kier alpha value is -3.20. The van der Waals surface area contributed by atoms with Crippen LogP contribution in [-0.4, -0.2) is 5.11 Å². The molecule has 0 amide bonds. The first-order valence-corrected chi connectivity index (χ1v) is 6.44. The van der Waals surface area contributed by atoms with E-state index in [1.807, 2.05) is 0 Å². The van der Waals surface area contributed by atoms with Gasteiger partial charge in [0.1, 0.15) is 5.75 Å². The van der Waals surface area contributed by atoms with Gasteiger partial charge < -0.3 is 5.11 Å². The smallest absolute Gasteiger partial charge is 0.420 e. The fraction of sp³-hybridized carbons (Fsp3) is 0.125. The van der Waals surface area contributed by atoms with Crippen LogP contribution in [0.15, 0.2) is 30.3 Å². The van der Waals surface area contributed by atoms with Crippen molar-refractivity contribution in [2.75, 3.05) is 0 Å². The van der Waals surface area contributed by atoms with E-state index in [9.17, 15) is 31.4 Å². The van der Waals surface area contributed by atoms with E-state index in [1.165, 1.54) is 12.1 Å². The maximum Gasteiger partial charge on any atom is 0.420 e. The maximum atomic E-state index is 13.0. The Morgan fingerprint density at radius 2 is 1.32 bits per heavy atom. The van der Waals surface area contributed by atoms with Crippen molar-refractivity contribution in [2.45, 2.75) is 12.4 Å². The van der Waals surface area contributed by atoms with Gasteiger partial charge in [-0.2, -0.15) is 36.9 Å². The van der Waals surface area contributed by atoms with Gasteiger partial charge in [0.15, 0.2) is 0 Å². The van der Waals surface area contributed by atoms with E-state index in [2.05, 4.69) is 0 Å². The molecule has 3 nitrogen and oxygen atoms in total. The van der Waals surface area contributed by atoms with E-state index in [4.69, 9.17) is 10.5 Å². The first-order chi connectivity index (χ1) is 11.5. The third kappa shape index (κ3) is 3.66. The quantitative estimate of drug-likeness (QED) is 0.744. The molecule has 0 aromatic heterocycles. The molecule has 0 saturated carbocycles. The SMILES string of the molecule is N#Cc1cc(-c2cc(C#N)cc(C(F)(F)F)c2O)cc(C(F)(F)F)c1. The first-order valence-electron chi connectivity index (χ1n) is 6.44. The highest BCUT2D eigenvalue weighted by atomic mass is 19.4. The lowest BCUT2D eigenvalue weighted by molar-refractivity contribution is -0.139. The van der Waals surface area contributed by atoms with Gasteiger partial charge in [-0.05, 0) is 35.9 Å². The summed E-state index contributed by atoms with van der Waals surface area (Å²) in [5.41, 5.74) is -4.88. The van der Waals surface area contributed by atoms with Gasteiger partial charge in [-0.15, -0.1) is 0 Å². The van der Waals surface area contributed by atoms with Gasteiger partial charge in [0, 0.05) is 5.56 Å². The van der Waals surface area contributed by atoms with E-state index in [-0.39, 0.29) is 0 Å². The highest BCUT2D eigenvalue weighted by molar-refractivity contribution is 5.75. The normalized spacial score (nSPS) is 11.7. The summed E-state index contributed by atoms with van der Waals surface area (Å²) >= 11 is 0. The molecule has 2 aromatic rings. The topological polar surface area (TPSA) is 67.8 Å². The van der Waals surface area contributed by atoms with Crippen LogP contribution in [0.3, 0.4) is 0 Å². The van der Waals surface area contributed by atoms with Crippen molar-refractivity contribution in [3.05, 3.63) is 52.6 Å². The molecule has 0 aliphatic heterocycles. The van der Waals surface area contributed by atoms with E-state index in [1.54, 1.807) is 0 Å². The van der Waals surface area contributed by atoms with Crippen molar-refractivity contribution in [1.82, 2.24) is 0 Å². The number of alkyl halides is 6. The molecule has 0 fully saturated rings. The molecular weight excluding hydrogens is 350 g/mol. The third-order valence-electron chi connectivity index (χ3n) is 3.24. The lowest BCUT2D eigenvalue weighted by Crippen LogP contribution is -2.08. The molecule has 0 aliphatic rings. The highest BCUT2D eigenvalue weighted by Gasteiger charge is 2.36. The molecule has 0 unspecified atom stereocenters. The molecule has 0 spiro atoms. The second kappa shape index (κ2) is 6.02.